The molecule has 1 aromatic heterocycles. The van der Waals surface area contributed by atoms with Crippen molar-refractivity contribution in [1.82, 2.24) is 15.1 Å². The first-order valence-corrected chi connectivity index (χ1v) is 13.8. The van der Waals surface area contributed by atoms with Crippen LogP contribution in [-0.2, 0) is 9.59 Å². The molecule has 0 aliphatic carbocycles. The minimum Gasteiger partial charge on any atom is -0.355 e. The topological polar surface area (TPSA) is 67.2 Å². The lowest BCUT2D eigenvalue weighted by Gasteiger charge is -2.23. The maximum Gasteiger partial charge on any atom is 0.240 e. The number of aryl methyl sites for hydroxylation is 1. The average molecular weight is 547 g/mol. The lowest BCUT2D eigenvalue weighted by atomic mass is 9.99. The van der Waals surface area contributed by atoms with Crippen molar-refractivity contribution in [1.29, 1.82) is 0 Å². The first kappa shape index (κ1) is 26.6. The van der Waals surface area contributed by atoms with Gasteiger partial charge < -0.3 is 5.32 Å². The van der Waals surface area contributed by atoms with Crippen molar-refractivity contribution >= 4 is 29.4 Å². The van der Waals surface area contributed by atoms with Crippen LogP contribution in [0.15, 0.2) is 72.8 Å². The quantitative estimate of drug-likeness (QED) is 0.317. The molecule has 0 saturated heterocycles. The van der Waals surface area contributed by atoms with Crippen LogP contribution in [0.5, 0.6) is 0 Å². The lowest BCUT2D eigenvalue weighted by molar-refractivity contribution is -0.122. The van der Waals surface area contributed by atoms with Gasteiger partial charge in [0.25, 0.3) is 0 Å². The van der Waals surface area contributed by atoms with E-state index in [-0.39, 0.29) is 29.7 Å². The zero-order valence-electron chi connectivity index (χ0n) is 21.7. The highest BCUT2D eigenvalue weighted by atomic mass is 32.2. The van der Waals surface area contributed by atoms with Crippen molar-refractivity contribution in [3.05, 3.63) is 101 Å². The summed E-state index contributed by atoms with van der Waals surface area (Å²) in [5.41, 5.74) is 3.85. The van der Waals surface area contributed by atoms with Crippen molar-refractivity contribution in [3.8, 4) is 16.9 Å². The number of carbonyl (C=O) groups excluding carboxylic acids is 2. The summed E-state index contributed by atoms with van der Waals surface area (Å²) in [6, 6.07) is 20.6. The summed E-state index contributed by atoms with van der Waals surface area (Å²) < 4.78 is 30.8. The molecule has 1 atom stereocenters. The molecule has 3 aromatic carbocycles. The fraction of sp³-hybridized carbons (Fsp3) is 0.233. The molecule has 0 fully saturated rings. The van der Waals surface area contributed by atoms with E-state index in [2.05, 4.69) is 5.32 Å². The van der Waals surface area contributed by atoms with Gasteiger partial charge in [-0.15, -0.1) is 11.8 Å². The molecule has 9 heteroatoms. The predicted molar refractivity (Wildman–Crippen MR) is 150 cm³/mol. The van der Waals surface area contributed by atoms with Gasteiger partial charge in [0.15, 0.2) is 0 Å². The molecule has 0 unspecified atom stereocenters. The molecule has 2 heterocycles. The number of nitrogens with one attached hydrogen (secondary N) is 1. The van der Waals surface area contributed by atoms with E-state index in [0.717, 1.165) is 23.6 Å². The normalized spacial score (nSPS) is 15.1. The summed E-state index contributed by atoms with van der Waals surface area (Å²) >= 11 is 1.24. The average Bonchev–Trinajstić information content (AvgIpc) is 3.26. The van der Waals surface area contributed by atoms with E-state index >= 15 is 4.39 Å². The molecule has 6 nitrogen and oxygen atoms in total. The third kappa shape index (κ3) is 5.45. The SMILES string of the molecule is CCCNC(=O)CN1C(=O)CS[C@H](c2ccc(F)cc2F)c2c(-c3ccccc3)nn(-c3cccc(C)c3)c21. The summed E-state index contributed by atoms with van der Waals surface area (Å²) in [6.45, 7) is 4.18. The second-order valence-corrected chi connectivity index (χ2v) is 10.5. The summed E-state index contributed by atoms with van der Waals surface area (Å²) in [4.78, 5) is 28.0. The Morgan fingerprint density at radius 2 is 1.87 bits per heavy atom. The number of hydrogen-bond donors (Lipinski definition) is 1. The van der Waals surface area contributed by atoms with Gasteiger partial charge in [-0.05, 0) is 37.1 Å². The highest BCUT2D eigenvalue weighted by molar-refractivity contribution is 8.00. The van der Waals surface area contributed by atoms with Gasteiger partial charge in [-0.1, -0.05) is 55.5 Å². The van der Waals surface area contributed by atoms with Gasteiger partial charge in [0.1, 0.15) is 24.0 Å². The number of carbonyl (C=O) groups is 2. The van der Waals surface area contributed by atoms with Gasteiger partial charge >= 0.3 is 0 Å². The van der Waals surface area contributed by atoms with Gasteiger partial charge in [-0.3, -0.25) is 14.5 Å². The van der Waals surface area contributed by atoms with Gasteiger partial charge in [0.05, 0.1) is 22.4 Å². The maximum atomic E-state index is 15.3. The van der Waals surface area contributed by atoms with Crippen molar-refractivity contribution < 1.29 is 18.4 Å². The summed E-state index contributed by atoms with van der Waals surface area (Å²) in [5, 5.41) is 7.14. The molecule has 0 bridgehead atoms. The fourth-order valence-electron chi connectivity index (χ4n) is 4.69. The van der Waals surface area contributed by atoms with Gasteiger partial charge in [-0.25, -0.2) is 13.5 Å². The predicted octanol–water partition coefficient (Wildman–Crippen LogP) is 5.82. The van der Waals surface area contributed by atoms with E-state index in [1.54, 1.807) is 4.68 Å². The first-order chi connectivity index (χ1) is 18.9. The number of hydrogen-bond acceptors (Lipinski definition) is 4. The second kappa shape index (κ2) is 11.4. The minimum absolute atomic E-state index is 0.000726. The number of benzene rings is 3. The molecule has 1 N–H and O–H groups in total. The number of thioether (sulfide) groups is 1. The second-order valence-electron chi connectivity index (χ2n) is 9.39. The third-order valence-electron chi connectivity index (χ3n) is 6.50. The van der Waals surface area contributed by atoms with Crippen LogP contribution >= 0.6 is 11.8 Å². The molecule has 5 rings (SSSR count). The third-order valence-corrected chi connectivity index (χ3v) is 7.74. The van der Waals surface area contributed by atoms with Gasteiger partial charge in [-0.2, -0.15) is 5.10 Å². The van der Waals surface area contributed by atoms with Crippen LogP contribution in [0.3, 0.4) is 0 Å². The van der Waals surface area contributed by atoms with E-state index in [1.165, 1.54) is 28.8 Å². The number of nitrogens with zero attached hydrogens (tertiary/aromatic N) is 3. The largest absolute Gasteiger partial charge is 0.355 e. The van der Waals surface area contributed by atoms with E-state index in [9.17, 15) is 14.0 Å². The van der Waals surface area contributed by atoms with Crippen LogP contribution in [0.1, 0.15) is 35.3 Å². The van der Waals surface area contributed by atoms with Crippen molar-refractivity contribution in [2.45, 2.75) is 25.5 Å². The molecule has 1 aliphatic rings. The van der Waals surface area contributed by atoms with Crippen LogP contribution < -0.4 is 10.2 Å². The van der Waals surface area contributed by atoms with Gasteiger partial charge in [0, 0.05) is 29.3 Å². The maximum absolute atomic E-state index is 15.3. The summed E-state index contributed by atoms with van der Waals surface area (Å²) in [5.74, 6) is -1.59. The molecule has 4 aromatic rings. The van der Waals surface area contributed by atoms with Crippen molar-refractivity contribution in [2.75, 3.05) is 23.7 Å². The lowest BCUT2D eigenvalue weighted by Crippen LogP contribution is -2.42. The molecule has 2 amide bonds. The van der Waals surface area contributed by atoms with E-state index in [4.69, 9.17) is 5.10 Å². The fourth-order valence-corrected chi connectivity index (χ4v) is 5.91. The van der Waals surface area contributed by atoms with Crippen LogP contribution in [0.25, 0.3) is 16.9 Å². The Morgan fingerprint density at radius 3 is 2.59 bits per heavy atom. The Bertz CT molecular complexity index is 1520. The number of amides is 2. The number of aromatic nitrogens is 2. The summed E-state index contributed by atoms with van der Waals surface area (Å²) in [6.07, 6.45) is 0.756. The Hall–Kier alpha value is -3.98. The van der Waals surface area contributed by atoms with Crippen LogP contribution in [0.2, 0.25) is 0 Å². The van der Waals surface area contributed by atoms with Crippen LogP contribution in [0, 0.1) is 18.6 Å². The molecule has 0 saturated carbocycles. The monoisotopic (exact) mass is 546 g/mol. The highest BCUT2D eigenvalue weighted by Gasteiger charge is 2.38. The molecule has 0 radical (unpaired) electrons. The smallest absolute Gasteiger partial charge is 0.240 e. The van der Waals surface area contributed by atoms with Crippen LogP contribution in [0.4, 0.5) is 14.6 Å². The minimum atomic E-state index is -0.706. The van der Waals surface area contributed by atoms with Gasteiger partial charge in [0.2, 0.25) is 11.8 Å². The molecular formula is C30H28F2N4O2S. The van der Waals surface area contributed by atoms with E-state index in [0.29, 0.717) is 29.3 Å². The first-order valence-electron chi connectivity index (χ1n) is 12.8. The standard InChI is InChI=1S/C30H28F2N4O2S/c1-3-14-33-25(37)17-35-26(38)18-39-29(23-13-12-21(31)16-24(23)32)27-28(20-9-5-4-6-10-20)34-36(30(27)35)22-11-7-8-19(2)15-22/h4-13,15-16,29H,3,14,17-18H2,1-2H3,(H,33,37)/t29-/m1/s1. The Labute approximate surface area is 230 Å². The van der Waals surface area contributed by atoms with Crippen molar-refractivity contribution in [3.63, 3.8) is 0 Å². The molecule has 0 spiro atoms. The molecule has 1 aliphatic heterocycles. The zero-order valence-corrected chi connectivity index (χ0v) is 22.5. The number of rotatable bonds is 7. The molecule has 39 heavy (non-hydrogen) atoms. The Kier molecular flexibility index (Phi) is 7.79. The highest BCUT2D eigenvalue weighted by Crippen LogP contribution is 2.49. The Morgan fingerprint density at radius 1 is 1.08 bits per heavy atom. The Balaban J connectivity index is 1.81. The number of halogens is 2. The zero-order chi connectivity index (χ0) is 27.5. The van der Waals surface area contributed by atoms with Crippen molar-refractivity contribution in [2.24, 2.45) is 0 Å². The number of anilines is 1. The summed E-state index contributed by atoms with van der Waals surface area (Å²) in [7, 11) is 0. The number of fused-ring (bicyclic) bond motifs is 1. The molecular weight excluding hydrogens is 518 g/mol. The van der Waals surface area contributed by atoms with E-state index in [1.807, 2.05) is 68.4 Å². The van der Waals surface area contributed by atoms with Crippen LogP contribution in [-0.4, -0.2) is 40.4 Å². The molecule has 200 valence electrons. The van der Waals surface area contributed by atoms with E-state index < -0.39 is 16.9 Å².